The summed E-state index contributed by atoms with van der Waals surface area (Å²) in [5.74, 6) is 0.657. The highest BCUT2D eigenvalue weighted by atomic mass is 16.5. The first-order valence-electron chi connectivity index (χ1n) is 9.02. The summed E-state index contributed by atoms with van der Waals surface area (Å²) in [4.78, 5) is 18.9. The topological polar surface area (TPSA) is 42.4 Å². The van der Waals surface area contributed by atoms with Crippen molar-refractivity contribution in [2.75, 3.05) is 6.61 Å². The fourth-order valence-electron chi connectivity index (χ4n) is 2.88. The molecule has 0 spiro atoms. The number of amides is 1. The summed E-state index contributed by atoms with van der Waals surface area (Å²) in [6, 6.07) is 19.7. The zero-order valence-corrected chi connectivity index (χ0v) is 15.8. The minimum Gasteiger partial charge on any atom is -0.484 e. The minimum absolute atomic E-state index is 0.00952. The fourth-order valence-corrected chi connectivity index (χ4v) is 2.88. The molecule has 3 rings (SSSR count). The summed E-state index contributed by atoms with van der Waals surface area (Å²) >= 11 is 0. The molecule has 4 nitrogen and oxygen atoms in total. The number of pyridine rings is 1. The van der Waals surface area contributed by atoms with Crippen LogP contribution in [0.5, 0.6) is 5.75 Å². The lowest BCUT2D eigenvalue weighted by molar-refractivity contribution is -0.134. The number of carbonyl (C=O) groups excluding carboxylic acids is 1. The number of benzene rings is 2. The molecule has 27 heavy (non-hydrogen) atoms. The summed E-state index contributed by atoms with van der Waals surface area (Å²) in [6.07, 6.45) is 3.53. The van der Waals surface area contributed by atoms with Gasteiger partial charge in [0.15, 0.2) is 6.61 Å². The van der Waals surface area contributed by atoms with Crippen LogP contribution < -0.4 is 4.74 Å². The van der Waals surface area contributed by atoms with E-state index in [0.717, 1.165) is 16.7 Å². The van der Waals surface area contributed by atoms with Gasteiger partial charge < -0.3 is 9.64 Å². The standard InChI is InChI=1S/C23H24N2O2/c1-18-7-5-11-22(13-18)27-17-23(26)25(15-20-9-6-12-24-14-20)16-21-10-4-3-8-19(21)2/h3-14H,15-17H2,1-2H3. The van der Waals surface area contributed by atoms with Crippen LogP contribution in [0.1, 0.15) is 22.3 Å². The Morgan fingerprint density at radius 1 is 1.00 bits per heavy atom. The zero-order chi connectivity index (χ0) is 19.1. The molecule has 0 aliphatic heterocycles. The van der Waals surface area contributed by atoms with Crippen LogP contribution in [0.4, 0.5) is 0 Å². The number of ether oxygens (including phenoxy) is 1. The monoisotopic (exact) mass is 360 g/mol. The number of aromatic nitrogens is 1. The summed E-state index contributed by atoms with van der Waals surface area (Å²) in [7, 11) is 0. The molecule has 2 aromatic carbocycles. The lowest BCUT2D eigenvalue weighted by Crippen LogP contribution is -2.34. The second-order valence-electron chi connectivity index (χ2n) is 6.64. The molecule has 0 fully saturated rings. The summed E-state index contributed by atoms with van der Waals surface area (Å²) < 4.78 is 5.73. The molecule has 0 saturated heterocycles. The second kappa shape index (κ2) is 8.99. The normalized spacial score (nSPS) is 10.4. The smallest absolute Gasteiger partial charge is 0.261 e. The molecule has 0 N–H and O–H groups in total. The van der Waals surface area contributed by atoms with Crippen LogP contribution in [0.15, 0.2) is 73.1 Å². The molecule has 0 bridgehead atoms. The first-order chi connectivity index (χ1) is 13.1. The van der Waals surface area contributed by atoms with Gasteiger partial charge in [0.25, 0.3) is 5.91 Å². The predicted molar refractivity (Wildman–Crippen MR) is 106 cm³/mol. The minimum atomic E-state index is -0.0522. The Hall–Kier alpha value is -3.14. The largest absolute Gasteiger partial charge is 0.484 e. The van der Waals surface area contributed by atoms with Crippen molar-refractivity contribution >= 4 is 5.91 Å². The molecule has 0 unspecified atom stereocenters. The van der Waals surface area contributed by atoms with Gasteiger partial charge in [-0.15, -0.1) is 0 Å². The van der Waals surface area contributed by atoms with Crippen LogP contribution >= 0.6 is 0 Å². The van der Waals surface area contributed by atoms with Gasteiger partial charge in [-0.05, 0) is 54.3 Å². The molecule has 0 aliphatic carbocycles. The van der Waals surface area contributed by atoms with E-state index in [1.54, 1.807) is 12.4 Å². The van der Waals surface area contributed by atoms with Crippen molar-refractivity contribution in [2.45, 2.75) is 26.9 Å². The van der Waals surface area contributed by atoms with E-state index in [1.807, 2.05) is 60.4 Å². The maximum Gasteiger partial charge on any atom is 0.261 e. The molecule has 1 heterocycles. The molecule has 0 radical (unpaired) electrons. The lowest BCUT2D eigenvalue weighted by atomic mass is 10.1. The maximum absolute atomic E-state index is 12.9. The number of aryl methyl sites for hydroxylation is 2. The van der Waals surface area contributed by atoms with Crippen molar-refractivity contribution in [3.63, 3.8) is 0 Å². The van der Waals surface area contributed by atoms with Crippen molar-refractivity contribution in [1.82, 2.24) is 9.88 Å². The van der Waals surface area contributed by atoms with E-state index in [4.69, 9.17) is 4.74 Å². The van der Waals surface area contributed by atoms with Gasteiger partial charge in [-0.1, -0.05) is 42.5 Å². The highest BCUT2D eigenvalue weighted by Gasteiger charge is 2.16. The van der Waals surface area contributed by atoms with Crippen LogP contribution in [-0.2, 0) is 17.9 Å². The lowest BCUT2D eigenvalue weighted by Gasteiger charge is -2.24. The number of carbonyl (C=O) groups is 1. The van der Waals surface area contributed by atoms with E-state index < -0.39 is 0 Å². The van der Waals surface area contributed by atoms with Gasteiger partial charge >= 0.3 is 0 Å². The van der Waals surface area contributed by atoms with E-state index in [1.165, 1.54) is 5.56 Å². The van der Waals surface area contributed by atoms with Crippen LogP contribution in [0.3, 0.4) is 0 Å². The van der Waals surface area contributed by atoms with Crippen LogP contribution in [0.2, 0.25) is 0 Å². The van der Waals surface area contributed by atoms with Gasteiger partial charge in [0.05, 0.1) is 0 Å². The number of hydrogen-bond donors (Lipinski definition) is 0. The van der Waals surface area contributed by atoms with Crippen molar-refractivity contribution in [2.24, 2.45) is 0 Å². The number of nitrogens with zero attached hydrogens (tertiary/aromatic N) is 2. The Morgan fingerprint density at radius 2 is 1.85 bits per heavy atom. The molecule has 1 aromatic heterocycles. The van der Waals surface area contributed by atoms with E-state index in [0.29, 0.717) is 18.8 Å². The quantitative estimate of drug-likeness (QED) is 0.631. The van der Waals surface area contributed by atoms with Crippen LogP contribution in [-0.4, -0.2) is 22.4 Å². The molecule has 3 aromatic rings. The average molecular weight is 360 g/mol. The fraction of sp³-hybridized carbons (Fsp3) is 0.217. The van der Waals surface area contributed by atoms with E-state index in [2.05, 4.69) is 24.0 Å². The Balaban J connectivity index is 1.73. The highest BCUT2D eigenvalue weighted by molar-refractivity contribution is 5.77. The van der Waals surface area contributed by atoms with Crippen molar-refractivity contribution in [3.8, 4) is 5.75 Å². The summed E-state index contributed by atoms with van der Waals surface area (Å²) in [6.45, 7) is 5.11. The molecular weight excluding hydrogens is 336 g/mol. The maximum atomic E-state index is 12.9. The van der Waals surface area contributed by atoms with Crippen LogP contribution in [0, 0.1) is 13.8 Å². The van der Waals surface area contributed by atoms with E-state index in [-0.39, 0.29) is 12.5 Å². The Labute approximate surface area is 160 Å². The zero-order valence-electron chi connectivity index (χ0n) is 15.8. The van der Waals surface area contributed by atoms with Gasteiger partial charge in [-0.2, -0.15) is 0 Å². The van der Waals surface area contributed by atoms with Crippen LogP contribution in [0.25, 0.3) is 0 Å². The van der Waals surface area contributed by atoms with E-state index >= 15 is 0 Å². The molecule has 0 aliphatic rings. The Morgan fingerprint density at radius 3 is 2.59 bits per heavy atom. The average Bonchev–Trinajstić information content (AvgIpc) is 2.68. The third-order valence-electron chi connectivity index (χ3n) is 4.42. The Bertz CT molecular complexity index is 894. The van der Waals surface area contributed by atoms with E-state index in [9.17, 15) is 4.79 Å². The number of rotatable bonds is 7. The Kier molecular flexibility index (Phi) is 6.21. The van der Waals surface area contributed by atoms with Gasteiger partial charge in [0.1, 0.15) is 5.75 Å². The van der Waals surface area contributed by atoms with Crippen molar-refractivity contribution in [3.05, 3.63) is 95.3 Å². The number of hydrogen-bond acceptors (Lipinski definition) is 3. The molecule has 1 amide bonds. The van der Waals surface area contributed by atoms with Crippen molar-refractivity contribution in [1.29, 1.82) is 0 Å². The molecule has 138 valence electrons. The van der Waals surface area contributed by atoms with Gasteiger partial charge in [0.2, 0.25) is 0 Å². The highest BCUT2D eigenvalue weighted by Crippen LogP contribution is 2.15. The first-order valence-corrected chi connectivity index (χ1v) is 9.02. The van der Waals surface area contributed by atoms with Gasteiger partial charge in [-0.3, -0.25) is 9.78 Å². The molecule has 0 saturated carbocycles. The first kappa shape index (κ1) is 18.6. The predicted octanol–water partition coefficient (Wildman–Crippen LogP) is 4.31. The third-order valence-corrected chi connectivity index (χ3v) is 4.42. The molecule has 0 atom stereocenters. The molecular formula is C23H24N2O2. The second-order valence-corrected chi connectivity index (χ2v) is 6.64. The SMILES string of the molecule is Cc1cccc(OCC(=O)N(Cc2cccnc2)Cc2ccccc2C)c1. The third kappa shape index (κ3) is 5.42. The summed E-state index contributed by atoms with van der Waals surface area (Å²) in [5, 5.41) is 0. The van der Waals surface area contributed by atoms with Gasteiger partial charge in [0, 0.05) is 25.5 Å². The van der Waals surface area contributed by atoms with Crippen molar-refractivity contribution < 1.29 is 9.53 Å². The summed E-state index contributed by atoms with van der Waals surface area (Å²) in [5.41, 5.74) is 4.40. The van der Waals surface area contributed by atoms with Gasteiger partial charge in [-0.25, -0.2) is 0 Å². The molecule has 4 heteroatoms.